The fourth-order valence-electron chi connectivity index (χ4n) is 3.11. The Bertz CT molecular complexity index is 674. The highest BCUT2D eigenvalue weighted by Gasteiger charge is 2.26. The number of hydrogen-bond acceptors (Lipinski definition) is 5. The quantitative estimate of drug-likeness (QED) is 0.872. The Morgan fingerprint density at radius 2 is 2.04 bits per heavy atom. The van der Waals surface area contributed by atoms with Gasteiger partial charge in [0.2, 0.25) is 5.91 Å². The van der Waals surface area contributed by atoms with Gasteiger partial charge in [-0.15, -0.1) is 5.10 Å². The number of aryl methyl sites for hydroxylation is 1. The lowest BCUT2D eigenvalue weighted by atomic mass is 10.0. The summed E-state index contributed by atoms with van der Waals surface area (Å²) in [6.07, 6.45) is 2.04. The van der Waals surface area contributed by atoms with Gasteiger partial charge >= 0.3 is 0 Å². The third-order valence-electron chi connectivity index (χ3n) is 4.35. The number of primary amides is 1. The molecule has 1 saturated heterocycles. The molecule has 0 aliphatic carbocycles. The number of anilines is 1. The maximum Gasteiger partial charge on any atom is 0.239 e. The number of carbonyl (C=O) groups is 1. The van der Waals surface area contributed by atoms with E-state index in [1.807, 2.05) is 49.4 Å². The minimum Gasteiger partial charge on any atom is -0.368 e. The van der Waals surface area contributed by atoms with E-state index in [1.165, 1.54) is 0 Å². The van der Waals surface area contributed by atoms with Crippen molar-refractivity contribution in [3.8, 4) is 0 Å². The van der Waals surface area contributed by atoms with E-state index in [1.54, 1.807) is 0 Å². The molecule has 24 heavy (non-hydrogen) atoms. The Kier molecular flexibility index (Phi) is 5.05. The molecule has 126 valence electrons. The Hall–Kier alpha value is -2.47. The zero-order valence-corrected chi connectivity index (χ0v) is 13.9. The average molecular weight is 325 g/mol. The van der Waals surface area contributed by atoms with E-state index in [0.717, 1.165) is 43.0 Å². The molecule has 3 rings (SSSR count). The van der Waals surface area contributed by atoms with Crippen molar-refractivity contribution in [1.82, 2.24) is 15.5 Å². The normalized spacial score (nSPS) is 19.0. The lowest BCUT2D eigenvalue weighted by Crippen LogP contribution is -2.49. The third-order valence-corrected chi connectivity index (χ3v) is 4.35. The minimum absolute atomic E-state index is 0.180. The number of nitrogens with zero attached hydrogens (tertiary/aromatic N) is 3. The second-order valence-electron chi connectivity index (χ2n) is 6.23. The van der Waals surface area contributed by atoms with E-state index < -0.39 is 6.04 Å². The van der Waals surface area contributed by atoms with Crippen molar-refractivity contribution in [1.29, 1.82) is 0 Å². The predicted octanol–water partition coefficient (Wildman–Crippen LogP) is 1.57. The van der Waals surface area contributed by atoms with Crippen molar-refractivity contribution in [3.05, 3.63) is 53.7 Å². The molecule has 0 spiro atoms. The monoisotopic (exact) mass is 325 g/mol. The molecular formula is C18H23N5O. The highest BCUT2D eigenvalue weighted by Crippen LogP contribution is 2.20. The predicted molar refractivity (Wildman–Crippen MR) is 93.5 cm³/mol. The van der Waals surface area contributed by atoms with Crippen molar-refractivity contribution in [2.24, 2.45) is 5.73 Å². The summed E-state index contributed by atoms with van der Waals surface area (Å²) in [6, 6.07) is 13.3. The molecule has 6 nitrogen and oxygen atoms in total. The fraction of sp³-hybridized carbons (Fsp3) is 0.389. The van der Waals surface area contributed by atoms with Crippen LogP contribution < -0.4 is 16.0 Å². The van der Waals surface area contributed by atoms with E-state index in [9.17, 15) is 4.79 Å². The second kappa shape index (κ2) is 7.40. The number of rotatable bonds is 5. The molecule has 1 aromatic carbocycles. The SMILES string of the molecule is Cc1ccc(N2CCC[C@H](N[C@H](C(N)=O)c3ccccc3)C2)nn1. The van der Waals surface area contributed by atoms with Crippen LogP contribution in [0.1, 0.15) is 30.1 Å². The summed E-state index contributed by atoms with van der Waals surface area (Å²) < 4.78 is 0. The van der Waals surface area contributed by atoms with Gasteiger partial charge in [-0.05, 0) is 37.5 Å². The summed E-state index contributed by atoms with van der Waals surface area (Å²) in [5, 5.41) is 11.8. The van der Waals surface area contributed by atoms with E-state index in [0.29, 0.717) is 0 Å². The zero-order chi connectivity index (χ0) is 16.9. The van der Waals surface area contributed by atoms with Crippen LogP contribution in [-0.4, -0.2) is 35.2 Å². The first kappa shape index (κ1) is 16.4. The van der Waals surface area contributed by atoms with Crippen molar-refractivity contribution >= 4 is 11.7 Å². The van der Waals surface area contributed by atoms with E-state index in [-0.39, 0.29) is 11.9 Å². The van der Waals surface area contributed by atoms with Crippen molar-refractivity contribution < 1.29 is 4.79 Å². The Labute approximate surface area is 142 Å². The molecular weight excluding hydrogens is 302 g/mol. The topological polar surface area (TPSA) is 84.1 Å². The van der Waals surface area contributed by atoms with Gasteiger partial charge in [-0.3, -0.25) is 10.1 Å². The third kappa shape index (κ3) is 3.89. The number of nitrogens with one attached hydrogen (secondary N) is 1. The summed E-state index contributed by atoms with van der Waals surface area (Å²) in [5.41, 5.74) is 7.42. The lowest BCUT2D eigenvalue weighted by molar-refractivity contribution is -0.120. The van der Waals surface area contributed by atoms with Gasteiger partial charge in [0.25, 0.3) is 0 Å². The van der Waals surface area contributed by atoms with Crippen molar-refractivity contribution in [2.45, 2.75) is 31.8 Å². The summed E-state index contributed by atoms with van der Waals surface area (Å²) in [4.78, 5) is 14.1. The summed E-state index contributed by atoms with van der Waals surface area (Å²) in [7, 11) is 0. The van der Waals surface area contributed by atoms with Crippen LogP contribution in [-0.2, 0) is 4.79 Å². The second-order valence-corrected chi connectivity index (χ2v) is 6.23. The molecule has 0 radical (unpaired) electrons. The summed E-state index contributed by atoms with van der Waals surface area (Å²) in [6.45, 7) is 3.66. The maximum atomic E-state index is 11.9. The first-order valence-electron chi connectivity index (χ1n) is 8.29. The molecule has 1 amide bonds. The van der Waals surface area contributed by atoms with Gasteiger partial charge in [0, 0.05) is 19.1 Å². The van der Waals surface area contributed by atoms with Gasteiger partial charge in [-0.2, -0.15) is 5.10 Å². The fourth-order valence-corrected chi connectivity index (χ4v) is 3.11. The number of carbonyl (C=O) groups excluding carboxylic acids is 1. The van der Waals surface area contributed by atoms with Crippen LogP contribution >= 0.6 is 0 Å². The summed E-state index contributed by atoms with van der Waals surface area (Å²) >= 11 is 0. The number of amides is 1. The van der Waals surface area contributed by atoms with Crippen LogP contribution in [0.15, 0.2) is 42.5 Å². The molecule has 0 saturated carbocycles. The molecule has 2 heterocycles. The molecule has 1 aliphatic heterocycles. The van der Waals surface area contributed by atoms with Crippen LogP contribution in [0.5, 0.6) is 0 Å². The number of benzene rings is 1. The number of hydrogen-bond donors (Lipinski definition) is 2. The summed E-state index contributed by atoms with van der Waals surface area (Å²) in [5.74, 6) is 0.524. The van der Waals surface area contributed by atoms with Gasteiger partial charge in [0.1, 0.15) is 6.04 Å². The van der Waals surface area contributed by atoms with E-state index >= 15 is 0 Å². The largest absolute Gasteiger partial charge is 0.368 e. The number of nitrogens with two attached hydrogens (primary N) is 1. The Morgan fingerprint density at radius 1 is 1.25 bits per heavy atom. The highest BCUT2D eigenvalue weighted by molar-refractivity contribution is 5.81. The smallest absolute Gasteiger partial charge is 0.239 e. The first-order chi connectivity index (χ1) is 11.6. The average Bonchev–Trinajstić information content (AvgIpc) is 2.61. The van der Waals surface area contributed by atoms with E-state index in [2.05, 4.69) is 20.4 Å². The molecule has 1 fully saturated rings. The van der Waals surface area contributed by atoms with E-state index in [4.69, 9.17) is 5.73 Å². The molecule has 0 unspecified atom stereocenters. The van der Waals surface area contributed by atoms with Crippen LogP contribution in [0.25, 0.3) is 0 Å². The van der Waals surface area contributed by atoms with Gasteiger partial charge in [-0.25, -0.2) is 0 Å². The molecule has 1 aliphatic rings. The lowest BCUT2D eigenvalue weighted by Gasteiger charge is -2.35. The Balaban J connectivity index is 1.70. The molecule has 3 N–H and O–H groups in total. The van der Waals surface area contributed by atoms with Crippen LogP contribution in [0, 0.1) is 6.92 Å². The molecule has 6 heteroatoms. The number of aromatic nitrogens is 2. The first-order valence-corrected chi connectivity index (χ1v) is 8.29. The van der Waals surface area contributed by atoms with Gasteiger partial charge in [-0.1, -0.05) is 30.3 Å². The number of piperidine rings is 1. The molecule has 0 bridgehead atoms. The standard InChI is InChI=1S/C18H23N5O/c1-13-9-10-16(22-21-13)23-11-5-8-15(12-23)20-17(18(19)24)14-6-3-2-4-7-14/h2-4,6-7,9-10,15,17,20H,5,8,11-12H2,1H3,(H2,19,24)/t15-,17-/m0/s1. The molecule has 1 aromatic heterocycles. The van der Waals surface area contributed by atoms with Crippen LogP contribution in [0.2, 0.25) is 0 Å². The van der Waals surface area contributed by atoms with Gasteiger partial charge < -0.3 is 10.6 Å². The Morgan fingerprint density at radius 3 is 2.71 bits per heavy atom. The minimum atomic E-state index is -0.472. The van der Waals surface area contributed by atoms with Crippen LogP contribution in [0.4, 0.5) is 5.82 Å². The van der Waals surface area contributed by atoms with Crippen LogP contribution in [0.3, 0.4) is 0 Å². The highest BCUT2D eigenvalue weighted by atomic mass is 16.1. The molecule has 2 aromatic rings. The van der Waals surface area contributed by atoms with Gasteiger partial charge in [0.05, 0.1) is 5.69 Å². The van der Waals surface area contributed by atoms with Crippen molar-refractivity contribution in [2.75, 3.05) is 18.0 Å². The zero-order valence-electron chi connectivity index (χ0n) is 13.9. The molecule has 2 atom stereocenters. The van der Waals surface area contributed by atoms with Gasteiger partial charge in [0.15, 0.2) is 5.82 Å². The maximum absolute atomic E-state index is 11.9. The van der Waals surface area contributed by atoms with Crippen molar-refractivity contribution in [3.63, 3.8) is 0 Å².